The Morgan fingerprint density at radius 2 is 1.72 bits per heavy atom. The molecule has 0 aliphatic rings. The van der Waals surface area contributed by atoms with E-state index in [1.807, 2.05) is 30.3 Å². The second-order valence-electron chi connectivity index (χ2n) is 7.12. The molecule has 3 rings (SSSR count). The molecular formula is C24H21F2N3O6S. The summed E-state index contributed by atoms with van der Waals surface area (Å²) in [5, 5.41) is 2.37. The molecule has 0 saturated carbocycles. The van der Waals surface area contributed by atoms with Gasteiger partial charge in [-0.1, -0.05) is 36.4 Å². The fraction of sp³-hybridized carbons (Fsp3) is 0.0833. The van der Waals surface area contributed by atoms with Gasteiger partial charge >= 0.3 is 16.3 Å². The van der Waals surface area contributed by atoms with Crippen LogP contribution < -0.4 is 19.5 Å². The topological polar surface area (TPSA) is 123 Å². The van der Waals surface area contributed by atoms with E-state index in [-0.39, 0.29) is 29.3 Å². The molecule has 0 aromatic heterocycles. The zero-order valence-electron chi connectivity index (χ0n) is 18.8. The predicted octanol–water partition coefficient (Wildman–Crippen LogP) is 4.32. The van der Waals surface area contributed by atoms with Crippen molar-refractivity contribution in [3.8, 4) is 5.75 Å². The highest BCUT2D eigenvalue weighted by molar-refractivity contribution is 7.91. The van der Waals surface area contributed by atoms with Gasteiger partial charge in [-0.3, -0.25) is 9.52 Å². The standard InChI is InChI=1S/C24H21F2N3O6S/c1-34-22-12-9-17(23(30)27-18-10-11-19(25)20(26)15-18)14-21(22)28-36(32,33)29-24(31)35-13-5-8-16-6-3-2-4-7-16/h2-12,14-15,28H,13H2,1H3,(H,27,30)(H,29,31)/b8-5+. The summed E-state index contributed by atoms with van der Waals surface area (Å²) in [5.74, 6) is -2.91. The number of halogens is 2. The van der Waals surface area contributed by atoms with Crippen LogP contribution in [0.15, 0.2) is 72.8 Å². The maximum absolute atomic E-state index is 13.4. The number of carbonyl (C=O) groups excluding carboxylic acids is 2. The van der Waals surface area contributed by atoms with Crippen molar-refractivity contribution in [3.63, 3.8) is 0 Å². The van der Waals surface area contributed by atoms with Crippen molar-refractivity contribution in [3.05, 3.63) is 95.6 Å². The zero-order chi connectivity index (χ0) is 26.1. The Kier molecular flexibility index (Phi) is 8.57. The van der Waals surface area contributed by atoms with Crippen molar-refractivity contribution in [2.75, 3.05) is 23.8 Å². The number of carbonyl (C=O) groups is 2. The summed E-state index contributed by atoms with van der Waals surface area (Å²) in [6.45, 7) is -0.181. The number of hydrogen-bond donors (Lipinski definition) is 3. The maximum Gasteiger partial charge on any atom is 0.422 e. The third-order valence-electron chi connectivity index (χ3n) is 4.52. The molecule has 188 valence electrons. The molecule has 0 aliphatic carbocycles. The SMILES string of the molecule is COc1ccc(C(=O)Nc2ccc(F)c(F)c2)cc1NS(=O)(=O)NC(=O)OC/C=C/c1ccccc1. The van der Waals surface area contributed by atoms with Crippen molar-refractivity contribution < 1.29 is 36.3 Å². The molecule has 0 unspecified atom stereocenters. The van der Waals surface area contributed by atoms with Gasteiger partial charge in [0.15, 0.2) is 11.6 Å². The van der Waals surface area contributed by atoms with Gasteiger partial charge in [-0.25, -0.2) is 18.3 Å². The molecule has 0 atom stereocenters. The van der Waals surface area contributed by atoms with Crippen molar-refractivity contribution in [1.82, 2.24) is 4.72 Å². The van der Waals surface area contributed by atoms with E-state index in [0.717, 1.165) is 29.8 Å². The highest BCUT2D eigenvalue weighted by Gasteiger charge is 2.19. The van der Waals surface area contributed by atoms with Gasteiger partial charge in [-0.05, 0) is 42.0 Å². The summed E-state index contributed by atoms with van der Waals surface area (Å²) in [4.78, 5) is 24.4. The normalized spacial score (nSPS) is 11.1. The van der Waals surface area contributed by atoms with Crippen LogP contribution in [0, 0.1) is 11.6 Å². The molecule has 0 heterocycles. The zero-order valence-corrected chi connectivity index (χ0v) is 19.6. The van der Waals surface area contributed by atoms with Gasteiger partial charge in [0.05, 0.1) is 12.8 Å². The van der Waals surface area contributed by atoms with E-state index in [4.69, 9.17) is 9.47 Å². The number of hydrogen-bond acceptors (Lipinski definition) is 6. The molecule has 12 heteroatoms. The van der Waals surface area contributed by atoms with Gasteiger partial charge < -0.3 is 14.8 Å². The average molecular weight is 518 g/mol. The molecule has 0 fully saturated rings. The maximum atomic E-state index is 13.4. The third-order valence-corrected chi connectivity index (χ3v) is 5.45. The monoisotopic (exact) mass is 517 g/mol. The lowest BCUT2D eigenvalue weighted by Crippen LogP contribution is -2.36. The number of amides is 2. The van der Waals surface area contributed by atoms with Crippen LogP contribution >= 0.6 is 0 Å². The summed E-state index contributed by atoms with van der Waals surface area (Å²) in [7, 11) is -3.20. The Labute approximate surface area is 205 Å². The Hall–Kier alpha value is -4.45. The molecule has 3 aromatic rings. The highest BCUT2D eigenvalue weighted by Crippen LogP contribution is 2.27. The Morgan fingerprint density at radius 3 is 2.42 bits per heavy atom. The summed E-state index contributed by atoms with van der Waals surface area (Å²) in [6.07, 6.45) is 2.00. The minimum Gasteiger partial charge on any atom is -0.495 e. The van der Waals surface area contributed by atoms with Gasteiger partial charge in [-0.2, -0.15) is 8.42 Å². The second kappa shape index (κ2) is 11.8. The van der Waals surface area contributed by atoms with E-state index in [0.29, 0.717) is 0 Å². The average Bonchev–Trinajstić information content (AvgIpc) is 2.84. The van der Waals surface area contributed by atoms with Crippen LogP contribution in [0.4, 0.5) is 25.0 Å². The first kappa shape index (κ1) is 26.2. The molecule has 3 aromatic carbocycles. The number of rotatable bonds is 9. The van der Waals surface area contributed by atoms with Crippen LogP contribution in [-0.4, -0.2) is 34.1 Å². The van der Waals surface area contributed by atoms with Crippen molar-refractivity contribution >= 4 is 39.7 Å². The minimum absolute atomic E-state index is 0.0115. The van der Waals surface area contributed by atoms with Gasteiger partial charge in [-0.15, -0.1) is 0 Å². The molecule has 0 saturated heterocycles. The Morgan fingerprint density at radius 1 is 0.972 bits per heavy atom. The smallest absolute Gasteiger partial charge is 0.422 e. The van der Waals surface area contributed by atoms with Gasteiger partial charge in [0.1, 0.15) is 12.4 Å². The molecule has 3 N–H and O–H groups in total. The van der Waals surface area contributed by atoms with Crippen LogP contribution in [0.5, 0.6) is 5.75 Å². The van der Waals surface area contributed by atoms with Crippen molar-refractivity contribution in [2.45, 2.75) is 0 Å². The van der Waals surface area contributed by atoms with Crippen LogP contribution in [0.3, 0.4) is 0 Å². The Bertz CT molecular complexity index is 1380. The van der Waals surface area contributed by atoms with E-state index in [2.05, 4.69) is 10.0 Å². The van der Waals surface area contributed by atoms with Crippen LogP contribution in [-0.2, 0) is 14.9 Å². The van der Waals surface area contributed by atoms with Gasteiger partial charge in [0.2, 0.25) is 0 Å². The number of nitrogens with one attached hydrogen (secondary N) is 3. The quantitative estimate of drug-likeness (QED) is 0.389. The molecular weight excluding hydrogens is 496 g/mol. The summed E-state index contributed by atoms with van der Waals surface area (Å²) in [6, 6.07) is 15.8. The van der Waals surface area contributed by atoms with Gasteiger partial charge in [0.25, 0.3) is 5.91 Å². The van der Waals surface area contributed by atoms with E-state index < -0.39 is 33.8 Å². The first-order valence-electron chi connectivity index (χ1n) is 10.3. The van der Waals surface area contributed by atoms with Crippen molar-refractivity contribution in [2.24, 2.45) is 0 Å². The molecule has 0 radical (unpaired) electrons. The summed E-state index contributed by atoms with van der Waals surface area (Å²) < 4.78 is 65.0. The van der Waals surface area contributed by atoms with Crippen LogP contribution in [0.1, 0.15) is 15.9 Å². The largest absolute Gasteiger partial charge is 0.495 e. The number of methoxy groups -OCH3 is 1. The van der Waals surface area contributed by atoms with E-state index in [1.54, 1.807) is 10.8 Å². The lowest BCUT2D eigenvalue weighted by molar-refractivity contribution is 0.102. The van der Waals surface area contributed by atoms with Crippen LogP contribution in [0.2, 0.25) is 0 Å². The van der Waals surface area contributed by atoms with Crippen molar-refractivity contribution in [1.29, 1.82) is 0 Å². The number of benzene rings is 3. The third kappa shape index (κ3) is 7.53. The molecule has 36 heavy (non-hydrogen) atoms. The number of anilines is 2. The lowest BCUT2D eigenvalue weighted by atomic mass is 10.1. The first-order chi connectivity index (χ1) is 17.2. The van der Waals surface area contributed by atoms with Crippen LogP contribution in [0.25, 0.3) is 6.08 Å². The minimum atomic E-state index is -4.47. The molecule has 0 bridgehead atoms. The number of ether oxygens (including phenoxy) is 2. The fourth-order valence-electron chi connectivity index (χ4n) is 2.89. The lowest BCUT2D eigenvalue weighted by Gasteiger charge is -2.14. The van der Waals surface area contributed by atoms with E-state index in [1.165, 1.54) is 25.3 Å². The first-order valence-corrected chi connectivity index (χ1v) is 11.8. The van der Waals surface area contributed by atoms with Gasteiger partial charge in [0, 0.05) is 17.3 Å². The summed E-state index contributed by atoms with van der Waals surface area (Å²) in [5.41, 5.74) is 0.658. The summed E-state index contributed by atoms with van der Waals surface area (Å²) >= 11 is 0. The Balaban J connectivity index is 1.64. The molecule has 0 spiro atoms. The molecule has 0 aliphatic heterocycles. The predicted molar refractivity (Wildman–Crippen MR) is 130 cm³/mol. The van der Waals surface area contributed by atoms with E-state index in [9.17, 15) is 26.8 Å². The highest BCUT2D eigenvalue weighted by atomic mass is 32.2. The van der Waals surface area contributed by atoms with E-state index >= 15 is 0 Å². The molecule has 9 nitrogen and oxygen atoms in total. The second-order valence-corrected chi connectivity index (χ2v) is 8.53. The molecule has 2 amide bonds. The fourth-order valence-corrected chi connectivity index (χ4v) is 3.67.